The van der Waals surface area contributed by atoms with Crippen molar-refractivity contribution in [3.05, 3.63) is 57.8 Å². The Bertz CT molecular complexity index is 1150. The topological polar surface area (TPSA) is 88.5 Å². The van der Waals surface area contributed by atoms with Gasteiger partial charge in [-0.25, -0.2) is 9.79 Å². The summed E-state index contributed by atoms with van der Waals surface area (Å²) in [7, 11) is 1.37. The van der Waals surface area contributed by atoms with Crippen LogP contribution in [0.25, 0.3) is 0 Å². The molecular formula is C28H35N3O5S. The number of methoxy groups -OCH3 is 1. The summed E-state index contributed by atoms with van der Waals surface area (Å²) in [5, 5.41) is 2.69. The van der Waals surface area contributed by atoms with Crippen molar-refractivity contribution in [1.29, 1.82) is 0 Å². The average molecular weight is 526 g/mol. The number of nitrogens with zero attached hydrogens (tertiary/aromatic N) is 3. The van der Waals surface area contributed by atoms with Crippen LogP contribution in [0.2, 0.25) is 0 Å². The molecule has 1 saturated heterocycles. The van der Waals surface area contributed by atoms with E-state index in [1.54, 1.807) is 6.92 Å². The molecule has 0 aliphatic carbocycles. The number of hydrogen-bond acceptors (Lipinski definition) is 8. The summed E-state index contributed by atoms with van der Waals surface area (Å²) in [5.74, 6) is -0.377. The molecule has 0 bridgehead atoms. The fraction of sp³-hybridized carbons (Fsp3) is 0.500. The number of benzene rings is 1. The van der Waals surface area contributed by atoms with Crippen LogP contribution in [0.5, 0.6) is 0 Å². The van der Waals surface area contributed by atoms with Crippen LogP contribution in [0.4, 0.5) is 0 Å². The van der Waals surface area contributed by atoms with Gasteiger partial charge in [0.15, 0.2) is 5.17 Å². The molecule has 4 rings (SSSR count). The van der Waals surface area contributed by atoms with Gasteiger partial charge in [0.2, 0.25) is 5.91 Å². The van der Waals surface area contributed by atoms with E-state index in [0.717, 1.165) is 16.4 Å². The van der Waals surface area contributed by atoms with Gasteiger partial charge >= 0.3 is 11.9 Å². The highest BCUT2D eigenvalue weighted by Gasteiger charge is 2.41. The van der Waals surface area contributed by atoms with Crippen molar-refractivity contribution < 1.29 is 23.9 Å². The number of fused-ring (bicyclic) bond motifs is 1. The van der Waals surface area contributed by atoms with Crippen LogP contribution >= 0.6 is 11.8 Å². The minimum Gasteiger partial charge on any atom is -0.466 e. The van der Waals surface area contributed by atoms with E-state index in [1.165, 1.54) is 24.4 Å². The number of piperidine rings is 1. The Labute approximate surface area is 222 Å². The van der Waals surface area contributed by atoms with Crippen LogP contribution in [0.15, 0.2) is 51.6 Å². The van der Waals surface area contributed by atoms with Gasteiger partial charge in [-0.05, 0) is 49.1 Å². The number of thioether (sulfide) groups is 1. The molecule has 3 aliphatic rings. The number of aliphatic imine (C=N–C) groups is 1. The fourth-order valence-electron chi connectivity index (χ4n) is 5.01. The molecule has 1 atom stereocenters. The number of allylic oxidation sites excluding steroid dienone is 1. The maximum atomic E-state index is 13.3. The van der Waals surface area contributed by atoms with E-state index in [9.17, 15) is 14.4 Å². The zero-order valence-corrected chi connectivity index (χ0v) is 23.0. The van der Waals surface area contributed by atoms with Crippen LogP contribution in [0.3, 0.4) is 0 Å². The predicted molar refractivity (Wildman–Crippen MR) is 143 cm³/mol. The molecule has 0 spiro atoms. The van der Waals surface area contributed by atoms with Crippen molar-refractivity contribution in [3.63, 3.8) is 0 Å². The average Bonchev–Trinajstić information content (AvgIpc) is 3.29. The first-order valence-electron chi connectivity index (χ1n) is 12.8. The highest BCUT2D eigenvalue weighted by Crippen LogP contribution is 2.45. The Kier molecular flexibility index (Phi) is 8.42. The highest BCUT2D eigenvalue weighted by molar-refractivity contribution is 8.16. The fourth-order valence-corrected chi connectivity index (χ4v) is 5.97. The van der Waals surface area contributed by atoms with Crippen molar-refractivity contribution >= 4 is 34.8 Å². The van der Waals surface area contributed by atoms with E-state index in [0.29, 0.717) is 49.7 Å². The van der Waals surface area contributed by atoms with Gasteiger partial charge in [-0.3, -0.25) is 9.59 Å². The smallest absolute Gasteiger partial charge is 0.338 e. The number of ether oxygens (including phenoxy) is 2. The van der Waals surface area contributed by atoms with E-state index in [4.69, 9.17) is 9.47 Å². The first-order valence-corrected chi connectivity index (χ1v) is 13.7. The summed E-state index contributed by atoms with van der Waals surface area (Å²) < 4.78 is 10.3. The third kappa shape index (κ3) is 5.61. The summed E-state index contributed by atoms with van der Waals surface area (Å²) in [6.07, 6.45) is 1.40. The van der Waals surface area contributed by atoms with Gasteiger partial charge in [-0.1, -0.05) is 49.9 Å². The van der Waals surface area contributed by atoms with E-state index < -0.39 is 12.0 Å². The molecule has 3 heterocycles. The third-order valence-corrected chi connectivity index (χ3v) is 8.01. The molecule has 1 fully saturated rings. The van der Waals surface area contributed by atoms with Crippen LogP contribution < -0.4 is 0 Å². The first-order chi connectivity index (χ1) is 17.7. The summed E-state index contributed by atoms with van der Waals surface area (Å²) in [5.41, 5.74) is 4.03. The second-order valence-electron chi connectivity index (χ2n) is 9.79. The number of carbonyl (C=O) groups is 3. The number of rotatable bonds is 7. The number of esters is 2. The van der Waals surface area contributed by atoms with Gasteiger partial charge in [0.05, 0.1) is 43.4 Å². The second-order valence-corrected chi connectivity index (χ2v) is 10.6. The maximum Gasteiger partial charge on any atom is 0.338 e. The first kappa shape index (κ1) is 27.0. The Hall–Kier alpha value is -3.07. The van der Waals surface area contributed by atoms with Gasteiger partial charge in [-0.2, -0.15) is 0 Å². The van der Waals surface area contributed by atoms with Gasteiger partial charge in [0.1, 0.15) is 0 Å². The van der Waals surface area contributed by atoms with E-state index in [-0.39, 0.29) is 24.2 Å². The molecule has 1 aromatic rings. The molecule has 0 aromatic heterocycles. The van der Waals surface area contributed by atoms with Crippen LogP contribution in [0.1, 0.15) is 70.0 Å². The number of carbonyl (C=O) groups excluding carboxylic acids is 3. The van der Waals surface area contributed by atoms with Gasteiger partial charge in [0.25, 0.3) is 0 Å². The molecule has 0 unspecified atom stereocenters. The van der Waals surface area contributed by atoms with Gasteiger partial charge < -0.3 is 19.3 Å². The minimum absolute atomic E-state index is 0.00444. The summed E-state index contributed by atoms with van der Waals surface area (Å²) in [4.78, 5) is 46.8. The molecule has 198 valence electrons. The van der Waals surface area contributed by atoms with Crippen LogP contribution in [0, 0.1) is 5.92 Å². The lowest BCUT2D eigenvalue weighted by Crippen LogP contribution is -2.42. The SMILES string of the molecule is CCOC(=O)C1CCN(C(=O)CC2=CSC3=NC(C)=C(C(=O)OC)[C@@H](c4ccc(C(C)C)cc4)N23)CC1. The van der Waals surface area contributed by atoms with E-state index in [2.05, 4.69) is 31.0 Å². The monoisotopic (exact) mass is 525 g/mol. The Morgan fingerprint density at radius 3 is 2.41 bits per heavy atom. The summed E-state index contributed by atoms with van der Waals surface area (Å²) in [6, 6.07) is 7.82. The molecule has 0 saturated carbocycles. The van der Waals surface area contributed by atoms with Crippen LogP contribution in [-0.4, -0.2) is 59.6 Å². The van der Waals surface area contributed by atoms with Crippen molar-refractivity contribution in [2.75, 3.05) is 26.8 Å². The third-order valence-electron chi connectivity index (χ3n) is 7.12. The molecule has 9 heteroatoms. The molecule has 0 radical (unpaired) electrons. The number of amides is 1. The second kappa shape index (κ2) is 11.5. The zero-order valence-electron chi connectivity index (χ0n) is 22.2. The molecule has 0 N–H and O–H groups in total. The quantitative estimate of drug-likeness (QED) is 0.475. The molecule has 8 nitrogen and oxygen atoms in total. The summed E-state index contributed by atoms with van der Waals surface area (Å²) >= 11 is 1.46. The lowest BCUT2D eigenvalue weighted by molar-refractivity contribution is -0.151. The highest BCUT2D eigenvalue weighted by atomic mass is 32.2. The van der Waals surface area contributed by atoms with Gasteiger partial charge in [-0.15, -0.1) is 0 Å². The van der Waals surface area contributed by atoms with Crippen molar-refractivity contribution in [1.82, 2.24) is 9.80 Å². The Morgan fingerprint density at radius 2 is 1.81 bits per heavy atom. The predicted octanol–water partition coefficient (Wildman–Crippen LogP) is 4.75. The van der Waals surface area contributed by atoms with Crippen molar-refractivity contribution in [3.8, 4) is 0 Å². The van der Waals surface area contributed by atoms with E-state index in [1.807, 2.05) is 34.3 Å². The number of likely N-dealkylation sites (tertiary alicyclic amines) is 1. The molecule has 37 heavy (non-hydrogen) atoms. The Morgan fingerprint density at radius 1 is 1.14 bits per heavy atom. The molecule has 3 aliphatic heterocycles. The normalized spacial score (nSPS) is 20.0. The van der Waals surface area contributed by atoms with Crippen molar-refractivity contribution in [2.45, 2.75) is 58.9 Å². The molecule has 1 amide bonds. The zero-order chi connectivity index (χ0) is 26.7. The van der Waals surface area contributed by atoms with Crippen molar-refractivity contribution in [2.24, 2.45) is 10.9 Å². The lowest BCUT2D eigenvalue weighted by atomic mass is 9.91. The minimum atomic E-state index is -0.440. The van der Waals surface area contributed by atoms with Gasteiger partial charge in [0, 0.05) is 18.8 Å². The number of amidine groups is 1. The lowest BCUT2D eigenvalue weighted by Gasteiger charge is -2.37. The number of hydrogen-bond donors (Lipinski definition) is 0. The van der Waals surface area contributed by atoms with E-state index >= 15 is 0 Å². The standard InChI is InChI=1S/C28H35N3O5S/c1-6-36-26(33)21-11-13-30(14-12-21)23(32)15-22-16-37-28-29-18(4)24(27(34)35-5)25(31(22)28)20-9-7-19(8-10-20)17(2)3/h7-10,16-17,21,25H,6,11-15H2,1-5H3/t25-/m1/s1. The summed E-state index contributed by atoms with van der Waals surface area (Å²) in [6.45, 7) is 9.32. The molecule has 1 aromatic carbocycles. The maximum absolute atomic E-state index is 13.3. The molecular weight excluding hydrogens is 490 g/mol. The largest absolute Gasteiger partial charge is 0.466 e. The van der Waals surface area contributed by atoms with Crippen LogP contribution in [-0.2, 0) is 23.9 Å². The Balaban J connectivity index is 1.56.